The Morgan fingerprint density at radius 1 is 0.723 bits per heavy atom. The number of Topliss-reactive ketones (excluding diaryl/α,β-unsaturated/α-hetero) is 1. The van der Waals surface area contributed by atoms with Gasteiger partial charge in [0.2, 0.25) is 17.4 Å². The first-order valence-electron chi connectivity index (χ1n) is 18.8. The summed E-state index contributed by atoms with van der Waals surface area (Å²) in [6.45, 7) is 10.3. The molecule has 8 rings (SSSR count). The zero-order valence-electron chi connectivity index (χ0n) is 34.5. The molecule has 0 fully saturated rings. The van der Waals surface area contributed by atoms with E-state index in [4.69, 9.17) is 77.9 Å². The van der Waals surface area contributed by atoms with Crippen molar-refractivity contribution in [2.24, 2.45) is 0 Å². The number of rotatable bonds is 11. The van der Waals surface area contributed by atoms with Crippen LogP contribution in [-0.2, 0) is 6.42 Å². The first kappa shape index (κ1) is 49.7. The number of halogens is 5. The zero-order chi connectivity index (χ0) is 46.6. The van der Waals surface area contributed by atoms with Crippen molar-refractivity contribution in [3.05, 3.63) is 125 Å². The van der Waals surface area contributed by atoms with Crippen LogP contribution in [0.3, 0.4) is 0 Å². The standard InChI is InChI=1S/C21H18Cl2N4O5.C17H17Cl2N3O.C3HClN2O3.CH4/c1-10(2)27-16-9-12(4-5-15(16)24-20(27)30-3)31-18-13(22)6-11(7-14(18)23)8-17(28)19-25-21(29)32-26-19;1-9(2)22-10(3)21-15-5-4-12(8-16(15)22)23-17-13(18)6-11(20)7-14(17)19;4-1(7)2-5-3(8)9-6-2;/h4-7,9-10H,8H2,1-3H3,(H,25,26,29);4-9H,20H2,1-3H3;(H,5,6,8);1H4. The van der Waals surface area contributed by atoms with Crippen LogP contribution < -0.4 is 31.5 Å². The molecule has 0 saturated carbocycles. The molecule has 4 aromatic heterocycles. The van der Waals surface area contributed by atoms with Gasteiger partial charge in [-0.3, -0.25) is 33.2 Å². The zero-order valence-corrected chi connectivity index (χ0v) is 38.2. The third kappa shape index (κ3) is 11.7. The fourth-order valence-electron chi connectivity index (χ4n) is 6.32. The number of ether oxygens (including phenoxy) is 3. The Morgan fingerprint density at radius 3 is 1.62 bits per heavy atom. The maximum absolute atomic E-state index is 12.2. The molecule has 0 radical (unpaired) electrons. The highest BCUT2D eigenvalue weighted by molar-refractivity contribution is 6.67. The van der Waals surface area contributed by atoms with Crippen LogP contribution in [0.5, 0.6) is 29.0 Å². The second-order valence-electron chi connectivity index (χ2n) is 14.2. The summed E-state index contributed by atoms with van der Waals surface area (Å²) in [7, 11) is 1.57. The summed E-state index contributed by atoms with van der Waals surface area (Å²) in [5.41, 5.74) is 10.3. The summed E-state index contributed by atoms with van der Waals surface area (Å²) < 4.78 is 29.7. The number of imidazole rings is 2. The van der Waals surface area contributed by atoms with Crippen molar-refractivity contribution in [1.29, 1.82) is 0 Å². The van der Waals surface area contributed by atoms with Gasteiger partial charge < -0.3 is 24.5 Å². The van der Waals surface area contributed by atoms with E-state index in [0.717, 1.165) is 27.9 Å². The van der Waals surface area contributed by atoms with Crippen LogP contribution in [0.25, 0.3) is 22.1 Å². The molecule has 8 aromatic rings. The van der Waals surface area contributed by atoms with Gasteiger partial charge in [-0.15, -0.1) is 0 Å². The van der Waals surface area contributed by atoms with E-state index in [2.05, 4.69) is 52.7 Å². The summed E-state index contributed by atoms with van der Waals surface area (Å²) in [5.74, 6) is 0.280. The Balaban J connectivity index is 0.000000209. The number of ketones is 1. The number of hydrogen-bond acceptors (Lipinski definition) is 14. The van der Waals surface area contributed by atoms with E-state index < -0.39 is 22.5 Å². The van der Waals surface area contributed by atoms with E-state index in [1.807, 2.05) is 60.7 Å². The number of fused-ring (bicyclic) bond motifs is 2. The minimum atomic E-state index is -0.846. The van der Waals surface area contributed by atoms with Crippen LogP contribution in [0.4, 0.5) is 5.69 Å². The Hall–Kier alpha value is -6.31. The highest BCUT2D eigenvalue weighted by Crippen LogP contribution is 2.40. The van der Waals surface area contributed by atoms with E-state index in [-0.39, 0.29) is 47.3 Å². The second kappa shape index (κ2) is 21.1. The van der Waals surface area contributed by atoms with E-state index in [1.165, 1.54) is 0 Å². The first-order valence-corrected chi connectivity index (χ1v) is 20.7. The molecule has 65 heavy (non-hydrogen) atoms. The number of carbonyl (C=O) groups is 2. The number of nitrogens with one attached hydrogen (secondary N) is 2. The molecule has 18 nitrogen and oxygen atoms in total. The van der Waals surface area contributed by atoms with Crippen molar-refractivity contribution in [3.63, 3.8) is 0 Å². The van der Waals surface area contributed by atoms with Gasteiger partial charge in [0.25, 0.3) is 11.3 Å². The number of aryl methyl sites for hydroxylation is 1. The second-order valence-corrected chi connectivity index (χ2v) is 16.1. The van der Waals surface area contributed by atoms with Crippen LogP contribution in [0, 0.1) is 6.92 Å². The monoisotopic (exact) mass is 989 g/mol. The lowest BCUT2D eigenvalue weighted by Gasteiger charge is -2.13. The number of aromatic nitrogens is 8. The molecule has 23 heteroatoms. The molecule has 0 spiro atoms. The molecule has 4 N–H and O–H groups in total. The normalized spacial score (nSPS) is 10.9. The number of methoxy groups -OCH3 is 1. The topological polar surface area (TPSA) is 241 Å². The molecule has 0 aliphatic carbocycles. The van der Waals surface area contributed by atoms with Crippen molar-refractivity contribution >= 4 is 96.8 Å². The highest BCUT2D eigenvalue weighted by atomic mass is 35.5. The average Bonchev–Trinajstić information content (AvgIpc) is 4.02. The number of nitrogens with zero attached hydrogens (tertiary/aromatic N) is 6. The molecule has 0 aliphatic rings. The summed E-state index contributed by atoms with van der Waals surface area (Å²) in [5, 5.41) is 6.74. The molecule has 0 aliphatic heterocycles. The lowest BCUT2D eigenvalue weighted by Crippen LogP contribution is -2.08. The van der Waals surface area contributed by atoms with Crippen molar-refractivity contribution in [3.8, 4) is 29.0 Å². The minimum absolute atomic E-state index is 0. The SMILES string of the molecule is C.COc1nc2ccc(Oc3c(Cl)cc(CC(=O)c4noc(=O)[nH]4)cc3Cl)cc2n1C(C)C.Cc1nc2ccc(Oc3c(Cl)cc(N)cc3Cl)cc2n1C(C)C.O=C(Cl)c1noc(=O)[nH]1. The number of nitrogen functional groups attached to an aromatic ring is 1. The molecule has 0 atom stereocenters. The Kier molecular flexibility index (Phi) is 16.2. The molecule has 4 aromatic carbocycles. The highest BCUT2D eigenvalue weighted by Gasteiger charge is 2.19. The number of H-pyrrole nitrogens is 2. The van der Waals surface area contributed by atoms with Crippen molar-refractivity contribution in [2.45, 2.75) is 60.5 Å². The summed E-state index contributed by atoms with van der Waals surface area (Å²) in [6.07, 6.45) is -0.0818. The largest absolute Gasteiger partial charge is 0.468 e. The number of anilines is 1. The summed E-state index contributed by atoms with van der Waals surface area (Å²) in [4.78, 5) is 56.7. The van der Waals surface area contributed by atoms with Crippen molar-refractivity contribution < 1.29 is 32.8 Å². The van der Waals surface area contributed by atoms with Gasteiger partial charge >= 0.3 is 11.5 Å². The van der Waals surface area contributed by atoms with Gasteiger partial charge in [0.1, 0.15) is 17.3 Å². The molecule has 0 amide bonds. The van der Waals surface area contributed by atoms with Crippen LogP contribution in [0.15, 0.2) is 79.3 Å². The number of hydrogen-bond donors (Lipinski definition) is 3. The van der Waals surface area contributed by atoms with E-state index >= 15 is 0 Å². The van der Waals surface area contributed by atoms with Gasteiger partial charge in [-0.1, -0.05) is 64.1 Å². The van der Waals surface area contributed by atoms with Gasteiger partial charge in [0.05, 0.1) is 49.3 Å². The smallest absolute Gasteiger partial charge is 0.439 e. The number of carbonyl (C=O) groups excluding carboxylic acids is 2. The van der Waals surface area contributed by atoms with Crippen LogP contribution >= 0.6 is 58.0 Å². The maximum atomic E-state index is 12.2. The Labute approximate surface area is 394 Å². The predicted octanol–water partition coefficient (Wildman–Crippen LogP) is 10.8. The van der Waals surface area contributed by atoms with Gasteiger partial charge in [-0.25, -0.2) is 14.6 Å². The quantitative estimate of drug-likeness (QED) is 0.0620. The molecule has 0 bridgehead atoms. The van der Waals surface area contributed by atoms with Gasteiger partial charge in [0, 0.05) is 36.3 Å². The molecule has 4 heterocycles. The van der Waals surface area contributed by atoms with Crippen molar-refractivity contribution in [2.75, 3.05) is 12.8 Å². The third-order valence-corrected chi connectivity index (χ3v) is 10.2. The third-order valence-electron chi connectivity index (χ3n) is 8.90. The van der Waals surface area contributed by atoms with Crippen LogP contribution in [-0.4, -0.2) is 57.5 Å². The Morgan fingerprint density at radius 2 is 1.18 bits per heavy atom. The van der Waals surface area contributed by atoms with Crippen molar-refractivity contribution in [1.82, 2.24) is 39.4 Å². The number of benzene rings is 4. The minimum Gasteiger partial charge on any atom is -0.468 e. The van der Waals surface area contributed by atoms with Gasteiger partial charge in [-0.2, -0.15) is 4.98 Å². The van der Waals surface area contributed by atoms with Gasteiger partial charge in [-0.05, 0) is 100 Å². The van der Waals surface area contributed by atoms with E-state index in [0.29, 0.717) is 50.6 Å². The number of aromatic amines is 2. The van der Waals surface area contributed by atoms with Gasteiger partial charge in [0.15, 0.2) is 11.5 Å². The molecule has 0 unspecified atom stereocenters. The molecular weight excluding hydrogens is 952 g/mol. The Bertz CT molecular complexity index is 3090. The predicted molar refractivity (Wildman–Crippen MR) is 248 cm³/mol. The molecular formula is C42H40Cl5N9O9. The average molecular weight is 992 g/mol. The summed E-state index contributed by atoms with van der Waals surface area (Å²) in [6, 6.07) is 18.4. The summed E-state index contributed by atoms with van der Waals surface area (Å²) >= 11 is 30.0. The fourth-order valence-corrected chi connectivity index (χ4v) is 7.60. The fraction of sp³-hybridized carbons (Fsp3) is 0.238. The molecule has 342 valence electrons. The maximum Gasteiger partial charge on any atom is 0.439 e. The van der Waals surface area contributed by atoms with Crippen LogP contribution in [0.1, 0.15) is 79.8 Å². The van der Waals surface area contributed by atoms with Crippen LogP contribution in [0.2, 0.25) is 20.1 Å². The lowest BCUT2D eigenvalue weighted by molar-refractivity contribution is 0.0979. The van der Waals surface area contributed by atoms with E-state index in [9.17, 15) is 19.2 Å². The molecule has 0 saturated heterocycles. The first-order chi connectivity index (χ1) is 30.3. The number of nitrogens with two attached hydrogens (primary N) is 1. The lowest BCUT2D eigenvalue weighted by atomic mass is 10.1. The van der Waals surface area contributed by atoms with E-state index in [1.54, 1.807) is 37.4 Å².